The number of rotatable bonds is 5. The number of sulfonamides is 1. The van der Waals surface area contributed by atoms with E-state index in [1.807, 2.05) is 6.07 Å². The van der Waals surface area contributed by atoms with Gasteiger partial charge in [0.05, 0.1) is 4.99 Å². The van der Waals surface area contributed by atoms with Crippen LogP contribution < -0.4 is 10.5 Å². The summed E-state index contributed by atoms with van der Waals surface area (Å²) in [6.07, 6.45) is 0.343. The minimum absolute atomic E-state index is 0.0189. The maximum Gasteiger partial charge on any atom is 0.242 e. The van der Waals surface area contributed by atoms with Crippen molar-refractivity contribution >= 4 is 71.4 Å². The van der Waals surface area contributed by atoms with Crippen LogP contribution in [0.1, 0.15) is 13.3 Å². The highest BCUT2D eigenvalue weighted by Gasteiger charge is 2.26. The summed E-state index contributed by atoms with van der Waals surface area (Å²) in [6, 6.07) is 5.20. The van der Waals surface area contributed by atoms with Crippen molar-refractivity contribution in [2.24, 2.45) is 5.73 Å². The zero-order valence-corrected chi connectivity index (χ0v) is 14.9. The van der Waals surface area contributed by atoms with Crippen LogP contribution in [-0.4, -0.2) is 18.7 Å². The second-order valence-corrected chi connectivity index (χ2v) is 7.93. The molecule has 0 heterocycles. The van der Waals surface area contributed by atoms with Crippen LogP contribution in [0.5, 0.6) is 0 Å². The van der Waals surface area contributed by atoms with Crippen molar-refractivity contribution < 1.29 is 8.42 Å². The first-order valence-electron chi connectivity index (χ1n) is 5.04. The Labute approximate surface area is 134 Å². The van der Waals surface area contributed by atoms with Crippen molar-refractivity contribution in [2.45, 2.75) is 18.6 Å². The molecule has 0 bridgehead atoms. The zero-order valence-electron chi connectivity index (χ0n) is 9.48. The Morgan fingerprint density at radius 2 is 2.22 bits per heavy atom. The summed E-state index contributed by atoms with van der Waals surface area (Å²) in [5.41, 5.74) is 5.93. The first-order valence-corrected chi connectivity index (χ1v) is 8.86. The molecule has 0 saturated heterocycles. The average molecular weight is 463 g/mol. The summed E-state index contributed by atoms with van der Waals surface area (Å²) in [5.74, 6) is 0. The molecule has 0 aromatic heterocycles. The molecular formula is C10H12BrIN2O2S2. The van der Waals surface area contributed by atoms with Gasteiger partial charge in [0.25, 0.3) is 0 Å². The van der Waals surface area contributed by atoms with Gasteiger partial charge in [0.2, 0.25) is 10.0 Å². The third-order valence-corrected chi connectivity index (χ3v) is 6.87. The molecule has 0 aliphatic rings. The lowest BCUT2D eigenvalue weighted by Crippen LogP contribution is -2.37. The van der Waals surface area contributed by atoms with Gasteiger partial charge in [-0.15, -0.1) is 0 Å². The molecule has 0 saturated carbocycles. The molecule has 0 radical (unpaired) electrons. The molecule has 0 amide bonds. The number of hydrogen-bond acceptors (Lipinski definition) is 3. The standard InChI is InChI=1S/C10H12BrIN2O2S2/c1-2-9(10(13)17)18(15,16)14-6-3-4-8(12)7(11)5-6/h3-5,9,14H,2H2,1H3,(H2,13,17). The summed E-state index contributed by atoms with van der Waals surface area (Å²) in [5, 5.41) is -0.856. The lowest BCUT2D eigenvalue weighted by atomic mass is 10.3. The molecule has 4 nitrogen and oxygen atoms in total. The highest BCUT2D eigenvalue weighted by Crippen LogP contribution is 2.24. The van der Waals surface area contributed by atoms with Crippen LogP contribution in [0.25, 0.3) is 0 Å². The minimum Gasteiger partial charge on any atom is -0.392 e. The molecule has 1 atom stereocenters. The van der Waals surface area contributed by atoms with Crippen LogP contribution in [0, 0.1) is 3.57 Å². The molecule has 8 heteroatoms. The van der Waals surface area contributed by atoms with Gasteiger partial charge in [-0.3, -0.25) is 4.72 Å². The number of thiocarbonyl (C=S) groups is 1. The van der Waals surface area contributed by atoms with E-state index < -0.39 is 15.3 Å². The highest BCUT2D eigenvalue weighted by molar-refractivity contribution is 14.1. The SMILES string of the molecule is CCC(C(N)=S)S(=O)(=O)Nc1ccc(I)c(Br)c1. The van der Waals surface area contributed by atoms with E-state index in [0.717, 1.165) is 8.04 Å². The van der Waals surface area contributed by atoms with Crippen molar-refractivity contribution in [1.82, 2.24) is 0 Å². The van der Waals surface area contributed by atoms with E-state index in [0.29, 0.717) is 12.1 Å². The molecule has 1 rings (SSSR count). The fourth-order valence-electron chi connectivity index (χ4n) is 1.37. The van der Waals surface area contributed by atoms with Crippen LogP contribution >= 0.6 is 50.7 Å². The maximum atomic E-state index is 12.1. The van der Waals surface area contributed by atoms with Crippen LogP contribution in [0.4, 0.5) is 5.69 Å². The van der Waals surface area contributed by atoms with Gasteiger partial charge in [-0.1, -0.05) is 19.1 Å². The molecule has 3 N–H and O–H groups in total. The number of nitrogens with one attached hydrogen (secondary N) is 1. The van der Waals surface area contributed by atoms with Crippen molar-refractivity contribution in [1.29, 1.82) is 0 Å². The summed E-state index contributed by atoms with van der Waals surface area (Å²) < 4.78 is 28.5. The molecule has 100 valence electrons. The van der Waals surface area contributed by atoms with Gasteiger partial charge in [-0.05, 0) is 63.1 Å². The van der Waals surface area contributed by atoms with E-state index in [-0.39, 0.29) is 4.99 Å². The van der Waals surface area contributed by atoms with E-state index in [2.05, 4.69) is 43.2 Å². The first-order chi connectivity index (χ1) is 8.27. The van der Waals surface area contributed by atoms with Crippen LogP contribution in [0.2, 0.25) is 0 Å². The first kappa shape index (κ1) is 16.1. The van der Waals surface area contributed by atoms with Crippen LogP contribution in [-0.2, 0) is 10.0 Å². The van der Waals surface area contributed by atoms with E-state index in [1.165, 1.54) is 0 Å². The molecule has 0 fully saturated rings. The highest BCUT2D eigenvalue weighted by atomic mass is 127. The minimum atomic E-state index is -3.59. The Bertz CT molecular complexity index is 563. The number of anilines is 1. The normalized spacial score (nSPS) is 13.1. The number of benzene rings is 1. The second-order valence-electron chi connectivity index (χ2n) is 3.58. The lowest BCUT2D eigenvalue weighted by molar-refractivity contribution is 0.594. The Balaban J connectivity index is 3.01. The maximum absolute atomic E-state index is 12.1. The zero-order chi connectivity index (χ0) is 13.9. The van der Waals surface area contributed by atoms with Gasteiger partial charge in [0.15, 0.2) is 0 Å². The molecule has 1 unspecified atom stereocenters. The van der Waals surface area contributed by atoms with Gasteiger partial charge in [0, 0.05) is 13.7 Å². The average Bonchev–Trinajstić information content (AvgIpc) is 2.22. The van der Waals surface area contributed by atoms with Crippen molar-refractivity contribution in [3.05, 3.63) is 26.2 Å². The van der Waals surface area contributed by atoms with Crippen LogP contribution in [0.15, 0.2) is 22.7 Å². The Morgan fingerprint density at radius 3 is 2.67 bits per heavy atom. The quantitative estimate of drug-likeness (QED) is 0.521. The van der Waals surface area contributed by atoms with Crippen LogP contribution in [0.3, 0.4) is 0 Å². The fourth-order valence-corrected chi connectivity index (χ4v) is 3.97. The van der Waals surface area contributed by atoms with Gasteiger partial charge in [-0.2, -0.15) is 0 Å². The lowest BCUT2D eigenvalue weighted by Gasteiger charge is -2.16. The molecule has 0 aliphatic carbocycles. The van der Waals surface area contributed by atoms with Gasteiger partial charge < -0.3 is 5.73 Å². The Hall–Kier alpha value is 0.0700. The third-order valence-electron chi connectivity index (χ3n) is 2.24. The molecular weight excluding hydrogens is 451 g/mol. The molecule has 1 aromatic carbocycles. The van der Waals surface area contributed by atoms with Crippen molar-refractivity contribution in [3.8, 4) is 0 Å². The fraction of sp³-hybridized carbons (Fsp3) is 0.300. The topological polar surface area (TPSA) is 72.2 Å². The Kier molecular flexibility index (Phi) is 5.81. The third kappa shape index (κ3) is 4.04. The monoisotopic (exact) mass is 462 g/mol. The smallest absolute Gasteiger partial charge is 0.242 e. The van der Waals surface area contributed by atoms with Crippen molar-refractivity contribution in [3.63, 3.8) is 0 Å². The summed E-state index contributed by atoms with van der Waals surface area (Å²) in [6.45, 7) is 1.73. The number of halogens is 2. The van der Waals surface area contributed by atoms with E-state index in [9.17, 15) is 8.42 Å². The van der Waals surface area contributed by atoms with Crippen molar-refractivity contribution in [2.75, 3.05) is 4.72 Å². The van der Waals surface area contributed by atoms with E-state index in [1.54, 1.807) is 19.1 Å². The molecule has 0 aliphatic heterocycles. The van der Waals surface area contributed by atoms with Gasteiger partial charge >= 0.3 is 0 Å². The summed E-state index contributed by atoms with van der Waals surface area (Å²) in [7, 11) is -3.59. The Morgan fingerprint density at radius 1 is 1.61 bits per heavy atom. The molecule has 0 spiro atoms. The van der Waals surface area contributed by atoms with E-state index in [4.69, 9.17) is 18.0 Å². The number of hydrogen-bond donors (Lipinski definition) is 2. The predicted molar refractivity (Wildman–Crippen MR) is 90.3 cm³/mol. The number of nitrogens with two attached hydrogens (primary N) is 1. The molecule has 1 aromatic rings. The molecule has 18 heavy (non-hydrogen) atoms. The van der Waals surface area contributed by atoms with Gasteiger partial charge in [0.1, 0.15) is 5.25 Å². The largest absolute Gasteiger partial charge is 0.392 e. The second kappa shape index (κ2) is 6.49. The summed E-state index contributed by atoms with van der Waals surface area (Å²) >= 11 is 10.3. The van der Waals surface area contributed by atoms with E-state index >= 15 is 0 Å². The predicted octanol–water partition coefficient (Wildman–Crippen LogP) is 2.86. The van der Waals surface area contributed by atoms with Gasteiger partial charge in [-0.25, -0.2) is 8.42 Å². The summed E-state index contributed by atoms with van der Waals surface area (Å²) in [4.78, 5) is -0.0189.